The maximum atomic E-state index is 14.7. The van der Waals surface area contributed by atoms with Gasteiger partial charge in [0, 0.05) is 44.8 Å². The molecule has 0 aliphatic carbocycles. The number of amides is 1. The number of benzene rings is 1. The topological polar surface area (TPSA) is 38.8 Å². The van der Waals surface area contributed by atoms with Crippen LogP contribution in [0.1, 0.15) is 30.1 Å². The van der Waals surface area contributed by atoms with Crippen molar-refractivity contribution < 1.29 is 9.18 Å². The molecule has 6 heteroatoms. The number of hydrogen-bond donors (Lipinski definition) is 1. The monoisotopic (exact) mass is 362 g/mol. The highest BCUT2D eigenvalue weighted by atomic mass is 19.1. The van der Waals surface area contributed by atoms with Gasteiger partial charge in [-0.25, -0.2) is 4.39 Å². The summed E-state index contributed by atoms with van der Waals surface area (Å²) in [5, 5.41) is 3.20. The van der Waals surface area contributed by atoms with Gasteiger partial charge < -0.3 is 20.0 Å². The van der Waals surface area contributed by atoms with E-state index in [1.54, 1.807) is 12.1 Å². The van der Waals surface area contributed by atoms with E-state index in [1.807, 2.05) is 11.9 Å². The lowest BCUT2D eigenvalue weighted by atomic mass is 9.96. The molecule has 1 aromatic carbocycles. The Bertz CT molecular complexity index is 608. The zero-order valence-corrected chi connectivity index (χ0v) is 16.0. The van der Waals surface area contributed by atoms with Gasteiger partial charge in [-0.15, -0.1) is 0 Å². The predicted octanol–water partition coefficient (Wildman–Crippen LogP) is 2.04. The molecule has 26 heavy (non-hydrogen) atoms. The summed E-state index contributed by atoms with van der Waals surface area (Å²) in [7, 11) is 1.96. The molecule has 0 atom stereocenters. The van der Waals surface area contributed by atoms with E-state index >= 15 is 0 Å². The van der Waals surface area contributed by atoms with Crippen LogP contribution in [0.3, 0.4) is 0 Å². The number of rotatable bonds is 5. The quantitative estimate of drug-likeness (QED) is 0.870. The first kappa shape index (κ1) is 19.1. The molecule has 1 amide bonds. The highest BCUT2D eigenvalue weighted by Gasteiger charge is 2.25. The van der Waals surface area contributed by atoms with Crippen LogP contribution in [0.5, 0.6) is 0 Å². The number of carbonyl (C=O) groups excluding carboxylic acids is 1. The van der Waals surface area contributed by atoms with Gasteiger partial charge in [-0.2, -0.15) is 0 Å². The zero-order valence-electron chi connectivity index (χ0n) is 16.0. The van der Waals surface area contributed by atoms with Crippen molar-refractivity contribution in [2.24, 2.45) is 5.92 Å². The second kappa shape index (κ2) is 8.82. The molecule has 3 rings (SSSR count). The third kappa shape index (κ3) is 4.35. The van der Waals surface area contributed by atoms with Gasteiger partial charge in [-0.3, -0.25) is 4.79 Å². The molecule has 0 bridgehead atoms. The van der Waals surface area contributed by atoms with Gasteiger partial charge in [0.15, 0.2) is 0 Å². The van der Waals surface area contributed by atoms with Gasteiger partial charge in [0.1, 0.15) is 5.82 Å². The Kier molecular flexibility index (Phi) is 6.48. The maximum Gasteiger partial charge on any atom is 0.253 e. The van der Waals surface area contributed by atoms with Crippen LogP contribution in [0.4, 0.5) is 10.1 Å². The minimum Gasteiger partial charge on any atom is -0.367 e. The highest BCUT2D eigenvalue weighted by Crippen LogP contribution is 2.24. The average Bonchev–Trinajstić information content (AvgIpc) is 2.68. The van der Waals surface area contributed by atoms with Gasteiger partial charge >= 0.3 is 0 Å². The molecule has 0 aromatic heterocycles. The lowest BCUT2D eigenvalue weighted by Gasteiger charge is -2.36. The fourth-order valence-corrected chi connectivity index (χ4v) is 4.01. The number of likely N-dealkylation sites (tertiary alicyclic amines) is 1. The number of piperidine rings is 1. The van der Waals surface area contributed by atoms with Gasteiger partial charge in [-0.05, 0) is 57.1 Å². The van der Waals surface area contributed by atoms with Crippen molar-refractivity contribution in [2.45, 2.75) is 19.8 Å². The van der Waals surface area contributed by atoms with Crippen molar-refractivity contribution in [2.75, 3.05) is 64.3 Å². The summed E-state index contributed by atoms with van der Waals surface area (Å²) in [6, 6.07) is 4.98. The van der Waals surface area contributed by atoms with Crippen LogP contribution in [0, 0.1) is 11.7 Å². The van der Waals surface area contributed by atoms with Gasteiger partial charge in [0.05, 0.1) is 5.69 Å². The summed E-state index contributed by atoms with van der Waals surface area (Å²) in [6.07, 6.45) is 2.02. The van der Waals surface area contributed by atoms with Crippen LogP contribution in [0.15, 0.2) is 18.2 Å². The van der Waals surface area contributed by atoms with Crippen molar-refractivity contribution in [3.63, 3.8) is 0 Å². The lowest BCUT2D eigenvalue weighted by molar-refractivity contribution is 0.0690. The third-order valence-electron chi connectivity index (χ3n) is 5.75. The average molecular weight is 362 g/mol. The molecular formula is C20H31FN4O. The van der Waals surface area contributed by atoms with E-state index in [2.05, 4.69) is 22.0 Å². The summed E-state index contributed by atoms with van der Waals surface area (Å²) in [4.78, 5) is 19.0. The molecule has 0 radical (unpaired) electrons. The van der Waals surface area contributed by atoms with Crippen LogP contribution in [0.2, 0.25) is 0 Å². The minimum absolute atomic E-state index is 0.0471. The molecule has 2 aliphatic rings. The molecule has 0 spiro atoms. The zero-order chi connectivity index (χ0) is 18.5. The first-order valence-electron chi connectivity index (χ1n) is 9.83. The molecular weight excluding hydrogens is 331 g/mol. The van der Waals surface area contributed by atoms with E-state index in [1.165, 1.54) is 6.07 Å². The normalized spacial score (nSPS) is 19.8. The molecule has 0 saturated carbocycles. The van der Waals surface area contributed by atoms with Crippen molar-refractivity contribution >= 4 is 11.6 Å². The van der Waals surface area contributed by atoms with E-state index in [9.17, 15) is 9.18 Å². The summed E-state index contributed by atoms with van der Waals surface area (Å²) in [5.74, 6) is 0.296. The van der Waals surface area contributed by atoms with Crippen molar-refractivity contribution in [3.05, 3.63) is 29.6 Å². The summed E-state index contributed by atoms with van der Waals surface area (Å²) < 4.78 is 14.7. The van der Waals surface area contributed by atoms with Crippen LogP contribution >= 0.6 is 0 Å². The molecule has 144 valence electrons. The van der Waals surface area contributed by atoms with Crippen LogP contribution < -0.4 is 10.2 Å². The van der Waals surface area contributed by atoms with Gasteiger partial charge in [-0.1, -0.05) is 6.92 Å². The molecule has 0 unspecified atom stereocenters. The van der Waals surface area contributed by atoms with Crippen LogP contribution in [0.25, 0.3) is 0 Å². The van der Waals surface area contributed by atoms with Crippen molar-refractivity contribution in [3.8, 4) is 0 Å². The number of anilines is 1. The van der Waals surface area contributed by atoms with Crippen molar-refractivity contribution in [1.29, 1.82) is 0 Å². The number of hydrogen-bond acceptors (Lipinski definition) is 4. The largest absolute Gasteiger partial charge is 0.367 e. The Labute approximate surface area is 156 Å². The van der Waals surface area contributed by atoms with Crippen LogP contribution in [-0.4, -0.2) is 75.1 Å². The first-order valence-corrected chi connectivity index (χ1v) is 9.83. The SMILES string of the molecule is CCN1CCN(c2ccc(C(=O)N3CCC(CNC)CC3)cc2F)CC1. The summed E-state index contributed by atoms with van der Waals surface area (Å²) >= 11 is 0. The molecule has 5 nitrogen and oxygen atoms in total. The molecule has 2 heterocycles. The molecule has 2 aliphatic heterocycles. The molecule has 1 N–H and O–H groups in total. The number of nitrogens with one attached hydrogen (secondary N) is 1. The standard InChI is InChI=1S/C20H31FN4O/c1-3-23-10-12-24(13-11-23)19-5-4-17(14-18(19)21)20(26)25-8-6-16(7-9-25)15-22-2/h4-5,14,16,22H,3,6-13,15H2,1-2H3. The Morgan fingerprint density at radius 1 is 1.15 bits per heavy atom. The fraction of sp³-hybridized carbons (Fsp3) is 0.650. The Balaban J connectivity index is 1.61. The van der Waals surface area contributed by atoms with E-state index in [0.29, 0.717) is 17.2 Å². The predicted molar refractivity (Wildman–Crippen MR) is 103 cm³/mol. The van der Waals surface area contributed by atoms with Crippen LogP contribution in [-0.2, 0) is 0 Å². The minimum atomic E-state index is -0.286. The second-order valence-electron chi connectivity index (χ2n) is 7.38. The number of halogens is 1. The molecule has 1 aromatic rings. The van der Waals surface area contributed by atoms with Gasteiger partial charge in [0.2, 0.25) is 0 Å². The Morgan fingerprint density at radius 2 is 1.85 bits per heavy atom. The number of likely N-dealkylation sites (N-methyl/N-ethyl adjacent to an activating group) is 1. The molecule has 2 saturated heterocycles. The smallest absolute Gasteiger partial charge is 0.253 e. The second-order valence-corrected chi connectivity index (χ2v) is 7.38. The van der Waals surface area contributed by atoms with Gasteiger partial charge in [0.25, 0.3) is 5.91 Å². The third-order valence-corrected chi connectivity index (χ3v) is 5.75. The summed E-state index contributed by atoms with van der Waals surface area (Å²) in [6.45, 7) is 9.27. The molecule has 2 fully saturated rings. The van der Waals surface area contributed by atoms with E-state index in [0.717, 1.165) is 65.2 Å². The first-order chi connectivity index (χ1) is 12.6. The number of nitrogens with zero attached hydrogens (tertiary/aromatic N) is 3. The van der Waals surface area contributed by atoms with E-state index in [-0.39, 0.29) is 11.7 Å². The highest BCUT2D eigenvalue weighted by molar-refractivity contribution is 5.94. The van der Waals surface area contributed by atoms with E-state index in [4.69, 9.17) is 0 Å². The Morgan fingerprint density at radius 3 is 2.42 bits per heavy atom. The lowest BCUT2D eigenvalue weighted by Crippen LogP contribution is -2.46. The number of carbonyl (C=O) groups is 1. The fourth-order valence-electron chi connectivity index (χ4n) is 4.01. The Hall–Kier alpha value is -1.66. The maximum absolute atomic E-state index is 14.7. The van der Waals surface area contributed by atoms with Crippen molar-refractivity contribution in [1.82, 2.24) is 15.1 Å². The van der Waals surface area contributed by atoms with E-state index < -0.39 is 0 Å². The number of piperazine rings is 1. The summed E-state index contributed by atoms with van der Waals surface area (Å²) in [5.41, 5.74) is 1.08.